The largest absolute Gasteiger partial charge is 0.456 e. The molecule has 0 saturated heterocycles. The molecule has 3 heteroatoms. The van der Waals surface area contributed by atoms with Gasteiger partial charge in [-0.1, -0.05) is 72.8 Å². The lowest BCUT2D eigenvalue weighted by Gasteiger charge is -2.14. The third kappa shape index (κ3) is 3.02. The molecule has 166 valence electrons. The topological polar surface area (TPSA) is 30.4 Å². The smallest absolute Gasteiger partial charge is 0.137 e. The summed E-state index contributed by atoms with van der Waals surface area (Å²) in [6, 6.07) is 38.5. The van der Waals surface area contributed by atoms with Crippen molar-refractivity contribution in [1.29, 1.82) is 0 Å². The number of para-hydroxylation sites is 3. The molecule has 0 atom stereocenters. The minimum Gasteiger partial charge on any atom is -0.456 e. The Balaban J connectivity index is 1.57. The first-order valence-electron chi connectivity index (χ1n) is 11.8. The van der Waals surface area contributed by atoms with Crippen LogP contribution in [0.1, 0.15) is 5.56 Å². The zero-order valence-electron chi connectivity index (χ0n) is 19.1. The summed E-state index contributed by atoms with van der Waals surface area (Å²) >= 11 is 0. The Kier molecular flexibility index (Phi) is 4.36. The van der Waals surface area contributed by atoms with Crippen molar-refractivity contribution in [3.8, 4) is 16.8 Å². The summed E-state index contributed by atoms with van der Waals surface area (Å²) in [5.41, 5.74) is 8.75. The third-order valence-corrected chi connectivity index (χ3v) is 6.85. The van der Waals surface area contributed by atoms with Gasteiger partial charge in [-0.15, -0.1) is 0 Å². The first-order valence-corrected chi connectivity index (χ1v) is 11.8. The third-order valence-electron chi connectivity index (χ3n) is 6.85. The van der Waals surface area contributed by atoms with E-state index >= 15 is 0 Å². The van der Waals surface area contributed by atoms with Gasteiger partial charge in [-0.05, 0) is 48.2 Å². The van der Waals surface area contributed by atoms with Gasteiger partial charge in [0.25, 0.3) is 0 Å². The second-order valence-corrected chi connectivity index (χ2v) is 8.92. The highest BCUT2D eigenvalue weighted by Gasteiger charge is 2.18. The minimum atomic E-state index is 0.607. The van der Waals surface area contributed by atoms with E-state index in [-0.39, 0.29) is 0 Å². The summed E-state index contributed by atoms with van der Waals surface area (Å²) < 4.78 is 8.64. The van der Waals surface area contributed by atoms with Crippen LogP contribution in [0.5, 0.6) is 0 Å². The minimum absolute atomic E-state index is 0.607. The summed E-state index contributed by atoms with van der Waals surface area (Å²) in [7, 11) is 0. The van der Waals surface area contributed by atoms with Crippen molar-refractivity contribution < 1.29 is 4.42 Å². The molecule has 0 amide bonds. The van der Waals surface area contributed by atoms with E-state index in [2.05, 4.69) is 113 Å². The van der Waals surface area contributed by atoms with Crippen LogP contribution >= 0.6 is 0 Å². The van der Waals surface area contributed by atoms with E-state index in [0.29, 0.717) is 6.54 Å². The molecule has 2 aromatic heterocycles. The van der Waals surface area contributed by atoms with Gasteiger partial charge in [0, 0.05) is 33.2 Å². The van der Waals surface area contributed by atoms with Crippen molar-refractivity contribution in [2.75, 3.05) is 0 Å². The standard InChI is InChI=1S/C32H22N2O/c1-33-20-21-9-8-10-22(17-21)23-11-2-5-14-28(23)34-29-15-6-3-12-24(29)26-18-27-25-13-4-7-16-31(25)35-32(27)19-30(26)34/h2-19H,1,20H2. The number of aromatic nitrogens is 1. The lowest BCUT2D eigenvalue weighted by molar-refractivity contribution is 0.669. The van der Waals surface area contributed by atoms with Crippen molar-refractivity contribution >= 4 is 50.5 Å². The molecule has 35 heavy (non-hydrogen) atoms. The van der Waals surface area contributed by atoms with Gasteiger partial charge in [0.2, 0.25) is 0 Å². The quantitative estimate of drug-likeness (QED) is 0.247. The van der Waals surface area contributed by atoms with Gasteiger partial charge in [-0.2, -0.15) is 0 Å². The summed E-state index contributed by atoms with van der Waals surface area (Å²) in [5, 5.41) is 4.75. The number of nitrogens with zero attached hydrogens (tertiary/aromatic N) is 2. The Morgan fingerprint density at radius 2 is 1.43 bits per heavy atom. The molecule has 0 aliphatic rings. The maximum absolute atomic E-state index is 6.28. The number of fused-ring (bicyclic) bond motifs is 6. The lowest BCUT2D eigenvalue weighted by atomic mass is 10.0. The molecule has 0 bridgehead atoms. The highest BCUT2D eigenvalue weighted by Crippen LogP contribution is 2.40. The first kappa shape index (κ1) is 19.8. The predicted molar refractivity (Wildman–Crippen MR) is 147 cm³/mol. The SMILES string of the molecule is C=NCc1cccc(-c2ccccc2-n2c3ccccc3c3cc4c(cc32)oc2ccccc24)c1. The molecule has 5 aromatic carbocycles. The molecule has 0 aliphatic carbocycles. The van der Waals surface area contributed by atoms with Crippen LogP contribution in [0.3, 0.4) is 0 Å². The molecular formula is C32H22N2O. The molecule has 7 aromatic rings. The molecular weight excluding hydrogens is 428 g/mol. The highest BCUT2D eigenvalue weighted by molar-refractivity contribution is 6.17. The average Bonchev–Trinajstić information content (AvgIpc) is 3.42. The van der Waals surface area contributed by atoms with Crippen LogP contribution in [0.15, 0.2) is 119 Å². The Hall–Kier alpha value is -4.63. The second kappa shape index (κ2) is 7.71. The van der Waals surface area contributed by atoms with Gasteiger partial charge in [0.15, 0.2) is 0 Å². The van der Waals surface area contributed by atoms with E-state index < -0.39 is 0 Å². The highest BCUT2D eigenvalue weighted by atomic mass is 16.3. The molecule has 0 fully saturated rings. The molecule has 0 unspecified atom stereocenters. The van der Waals surface area contributed by atoms with E-state index in [4.69, 9.17) is 4.42 Å². The second-order valence-electron chi connectivity index (χ2n) is 8.92. The maximum Gasteiger partial charge on any atom is 0.137 e. The molecule has 2 heterocycles. The van der Waals surface area contributed by atoms with Crippen LogP contribution in [-0.4, -0.2) is 11.3 Å². The van der Waals surface area contributed by atoms with E-state index in [1.165, 1.54) is 21.9 Å². The monoisotopic (exact) mass is 450 g/mol. The molecule has 0 saturated carbocycles. The Morgan fingerprint density at radius 3 is 2.34 bits per heavy atom. The zero-order chi connectivity index (χ0) is 23.4. The van der Waals surface area contributed by atoms with E-state index in [1.54, 1.807) is 0 Å². The molecule has 3 nitrogen and oxygen atoms in total. The fourth-order valence-electron chi connectivity index (χ4n) is 5.33. The van der Waals surface area contributed by atoms with Gasteiger partial charge in [-0.25, -0.2) is 0 Å². The molecule has 0 spiro atoms. The van der Waals surface area contributed by atoms with Gasteiger partial charge in [0.1, 0.15) is 11.2 Å². The molecule has 0 N–H and O–H groups in total. The van der Waals surface area contributed by atoms with Crippen molar-refractivity contribution in [3.05, 3.63) is 115 Å². The van der Waals surface area contributed by atoms with Crippen LogP contribution in [0.2, 0.25) is 0 Å². The maximum atomic E-state index is 6.28. The van der Waals surface area contributed by atoms with Crippen molar-refractivity contribution in [2.24, 2.45) is 4.99 Å². The summed E-state index contributed by atoms with van der Waals surface area (Å²) in [5.74, 6) is 0. The van der Waals surface area contributed by atoms with E-state index in [9.17, 15) is 0 Å². The fraction of sp³-hybridized carbons (Fsp3) is 0.0312. The number of rotatable bonds is 4. The van der Waals surface area contributed by atoms with Crippen molar-refractivity contribution in [2.45, 2.75) is 6.54 Å². The number of aliphatic imine (C=N–C) groups is 1. The predicted octanol–water partition coefficient (Wildman–Crippen LogP) is 8.55. The number of hydrogen-bond acceptors (Lipinski definition) is 2. The Morgan fingerprint density at radius 1 is 0.629 bits per heavy atom. The average molecular weight is 451 g/mol. The van der Waals surface area contributed by atoms with Crippen LogP contribution in [0, 0.1) is 0 Å². The van der Waals surface area contributed by atoms with Crippen molar-refractivity contribution in [3.63, 3.8) is 0 Å². The van der Waals surface area contributed by atoms with Crippen LogP contribution in [0.25, 0.3) is 60.6 Å². The number of benzene rings is 5. The molecule has 0 aliphatic heterocycles. The number of furan rings is 1. The molecule has 7 rings (SSSR count). The Bertz CT molecular complexity index is 1900. The number of hydrogen-bond donors (Lipinski definition) is 0. The fourth-order valence-corrected chi connectivity index (χ4v) is 5.33. The van der Waals surface area contributed by atoms with Gasteiger partial charge >= 0.3 is 0 Å². The lowest BCUT2D eigenvalue weighted by Crippen LogP contribution is -1.97. The van der Waals surface area contributed by atoms with Crippen LogP contribution < -0.4 is 0 Å². The summed E-state index contributed by atoms with van der Waals surface area (Å²) in [4.78, 5) is 4.08. The normalized spacial score (nSPS) is 11.7. The summed E-state index contributed by atoms with van der Waals surface area (Å²) in [6.45, 7) is 4.27. The first-order chi connectivity index (χ1) is 17.3. The molecule has 0 radical (unpaired) electrons. The van der Waals surface area contributed by atoms with Gasteiger partial charge in [-0.3, -0.25) is 4.99 Å². The van der Waals surface area contributed by atoms with Gasteiger partial charge in [0.05, 0.1) is 23.3 Å². The van der Waals surface area contributed by atoms with Crippen molar-refractivity contribution in [1.82, 2.24) is 4.57 Å². The van der Waals surface area contributed by atoms with E-state index in [0.717, 1.165) is 44.3 Å². The van der Waals surface area contributed by atoms with Crippen LogP contribution in [0.4, 0.5) is 0 Å². The Labute approximate surface area is 202 Å². The van der Waals surface area contributed by atoms with E-state index in [1.807, 2.05) is 12.1 Å². The van der Waals surface area contributed by atoms with Gasteiger partial charge < -0.3 is 8.98 Å². The summed E-state index contributed by atoms with van der Waals surface area (Å²) in [6.07, 6.45) is 0. The van der Waals surface area contributed by atoms with Crippen LogP contribution in [-0.2, 0) is 6.54 Å². The zero-order valence-corrected chi connectivity index (χ0v) is 19.1.